The van der Waals surface area contributed by atoms with Crippen LogP contribution >= 0.6 is 0 Å². The third kappa shape index (κ3) is 2.69. The van der Waals surface area contributed by atoms with E-state index < -0.39 is 0 Å². The number of hydrogen-bond acceptors (Lipinski definition) is 3. The van der Waals surface area contributed by atoms with E-state index in [0.717, 1.165) is 31.2 Å². The molecule has 26 heavy (non-hydrogen) atoms. The van der Waals surface area contributed by atoms with E-state index in [2.05, 4.69) is 5.32 Å². The Hall–Kier alpha value is -2.95. The molecule has 132 valence electrons. The first-order valence-electron chi connectivity index (χ1n) is 8.95. The highest BCUT2D eigenvalue weighted by atomic mass is 16.2. The van der Waals surface area contributed by atoms with Crippen LogP contribution < -0.4 is 10.2 Å². The molecule has 2 aromatic rings. The van der Waals surface area contributed by atoms with Crippen molar-refractivity contribution in [1.29, 1.82) is 0 Å². The maximum Gasteiger partial charge on any atom is 0.266 e. The number of aryl methyl sites for hydroxylation is 1. The van der Waals surface area contributed by atoms with Crippen LogP contribution in [0.3, 0.4) is 0 Å². The second-order valence-corrected chi connectivity index (χ2v) is 6.98. The van der Waals surface area contributed by atoms with Crippen molar-refractivity contribution in [2.24, 2.45) is 5.92 Å². The largest absolute Gasteiger partial charge is 0.324 e. The molecule has 1 aliphatic heterocycles. The molecule has 4 rings (SSSR count). The fraction of sp³-hybridized carbons (Fsp3) is 0.286. The summed E-state index contributed by atoms with van der Waals surface area (Å²) in [6.07, 6.45) is 3.91. The van der Waals surface area contributed by atoms with Crippen molar-refractivity contribution in [3.05, 3.63) is 59.2 Å². The van der Waals surface area contributed by atoms with Crippen LogP contribution in [0.1, 0.15) is 52.0 Å². The van der Waals surface area contributed by atoms with Crippen molar-refractivity contribution in [3.63, 3.8) is 0 Å². The molecule has 3 amide bonds. The van der Waals surface area contributed by atoms with E-state index in [1.165, 1.54) is 4.90 Å². The zero-order valence-electron chi connectivity index (χ0n) is 14.6. The zero-order valence-corrected chi connectivity index (χ0v) is 14.6. The van der Waals surface area contributed by atoms with E-state index in [1.54, 1.807) is 36.4 Å². The van der Waals surface area contributed by atoms with Gasteiger partial charge < -0.3 is 5.32 Å². The van der Waals surface area contributed by atoms with Gasteiger partial charge in [0.1, 0.15) is 0 Å². The molecule has 1 heterocycles. The Morgan fingerprint density at radius 3 is 2.23 bits per heavy atom. The Morgan fingerprint density at radius 2 is 1.62 bits per heavy atom. The zero-order chi connectivity index (χ0) is 18.3. The van der Waals surface area contributed by atoms with Crippen molar-refractivity contribution < 1.29 is 14.4 Å². The smallest absolute Gasteiger partial charge is 0.266 e. The number of nitrogens with one attached hydrogen (secondary N) is 1. The van der Waals surface area contributed by atoms with Gasteiger partial charge in [0.25, 0.3) is 11.8 Å². The van der Waals surface area contributed by atoms with Gasteiger partial charge in [-0.1, -0.05) is 31.0 Å². The standard InChI is InChI=1S/C21H20N2O3/c1-13-10-11-17(22-19(24)14-6-2-3-7-14)18(12-13)23-20(25)15-8-4-5-9-16(15)21(23)26/h4-5,8-12,14H,2-3,6-7H2,1H3,(H,22,24). The third-order valence-electron chi connectivity index (χ3n) is 5.17. The summed E-state index contributed by atoms with van der Waals surface area (Å²) in [7, 11) is 0. The van der Waals surface area contributed by atoms with E-state index in [0.29, 0.717) is 22.5 Å². The van der Waals surface area contributed by atoms with Gasteiger partial charge in [-0.2, -0.15) is 0 Å². The Labute approximate surface area is 152 Å². The lowest BCUT2D eigenvalue weighted by Gasteiger charge is -2.20. The predicted molar refractivity (Wildman–Crippen MR) is 99.3 cm³/mol. The fourth-order valence-corrected chi connectivity index (χ4v) is 3.76. The molecular formula is C21H20N2O3. The summed E-state index contributed by atoms with van der Waals surface area (Å²) in [5.41, 5.74) is 2.64. The fourth-order valence-electron chi connectivity index (χ4n) is 3.76. The topological polar surface area (TPSA) is 66.5 Å². The Balaban J connectivity index is 1.71. The second kappa shape index (κ2) is 6.41. The number of amides is 3. The summed E-state index contributed by atoms with van der Waals surface area (Å²) in [6.45, 7) is 1.89. The maximum absolute atomic E-state index is 12.8. The van der Waals surface area contributed by atoms with Crippen LogP contribution in [0.25, 0.3) is 0 Å². The normalized spacial score (nSPS) is 16.9. The van der Waals surface area contributed by atoms with Crippen LogP contribution in [-0.4, -0.2) is 17.7 Å². The highest BCUT2D eigenvalue weighted by molar-refractivity contribution is 6.35. The Bertz CT molecular complexity index is 878. The van der Waals surface area contributed by atoms with E-state index >= 15 is 0 Å². The lowest BCUT2D eigenvalue weighted by Crippen LogP contribution is -2.31. The van der Waals surface area contributed by atoms with Crippen LogP contribution in [0.5, 0.6) is 0 Å². The molecule has 0 spiro atoms. The maximum atomic E-state index is 12.8. The van der Waals surface area contributed by atoms with Gasteiger partial charge in [0, 0.05) is 5.92 Å². The van der Waals surface area contributed by atoms with E-state index in [-0.39, 0.29) is 23.6 Å². The van der Waals surface area contributed by atoms with Gasteiger partial charge in [-0.25, -0.2) is 4.90 Å². The number of nitrogens with zero attached hydrogens (tertiary/aromatic N) is 1. The Kier molecular flexibility index (Phi) is 4.07. The minimum atomic E-state index is -0.354. The number of anilines is 2. The van der Waals surface area contributed by atoms with Crippen LogP contribution in [0.15, 0.2) is 42.5 Å². The SMILES string of the molecule is Cc1ccc(NC(=O)C2CCCC2)c(N2C(=O)c3ccccc3C2=O)c1. The molecule has 5 nitrogen and oxygen atoms in total. The predicted octanol–water partition coefficient (Wildman–Crippen LogP) is 3.92. The molecule has 0 saturated heterocycles. The van der Waals surface area contributed by atoms with Crippen LogP contribution in [0, 0.1) is 12.8 Å². The van der Waals surface area contributed by atoms with E-state index in [9.17, 15) is 14.4 Å². The van der Waals surface area contributed by atoms with Gasteiger partial charge in [0.05, 0.1) is 22.5 Å². The van der Waals surface area contributed by atoms with Gasteiger partial charge >= 0.3 is 0 Å². The van der Waals surface area contributed by atoms with Gasteiger partial charge in [0.15, 0.2) is 0 Å². The molecule has 1 fully saturated rings. The molecule has 0 bridgehead atoms. The number of carbonyl (C=O) groups is 3. The summed E-state index contributed by atoms with van der Waals surface area (Å²) >= 11 is 0. The van der Waals surface area contributed by atoms with Crippen molar-refractivity contribution in [3.8, 4) is 0 Å². The first kappa shape index (κ1) is 16.5. The molecule has 0 atom stereocenters. The van der Waals surface area contributed by atoms with Crippen LogP contribution in [-0.2, 0) is 4.79 Å². The summed E-state index contributed by atoms with van der Waals surface area (Å²) in [5, 5.41) is 2.94. The van der Waals surface area contributed by atoms with Gasteiger partial charge in [-0.15, -0.1) is 0 Å². The lowest BCUT2D eigenvalue weighted by molar-refractivity contribution is -0.119. The average molecular weight is 348 g/mol. The number of carbonyl (C=O) groups excluding carboxylic acids is 3. The summed E-state index contributed by atoms with van der Waals surface area (Å²) in [4.78, 5) is 39.3. The molecule has 0 radical (unpaired) electrons. The molecular weight excluding hydrogens is 328 g/mol. The van der Waals surface area contributed by atoms with Crippen molar-refractivity contribution in [2.75, 3.05) is 10.2 Å². The first-order valence-corrected chi connectivity index (χ1v) is 8.95. The number of benzene rings is 2. The molecule has 5 heteroatoms. The highest BCUT2D eigenvalue weighted by Gasteiger charge is 2.37. The minimum Gasteiger partial charge on any atom is -0.324 e. The Morgan fingerprint density at radius 1 is 1.00 bits per heavy atom. The van der Waals surface area contributed by atoms with E-state index in [4.69, 9.17) is 0 Å². The summed E-state index contributed by atoms with van der Waals surface area (Å²) in [6, 6.07) is 12.2. The highest BCUT2D eigenvalue weighted by Crippen LogP contribution is 2.35. The quantitative estimate of drug-likeness (QED) is 0.855. The monoisotopic (exact) mass is 348 g/mol. The number of imide groups is 1. The van der Waals surface area contributed by atoms with Crippen molar-refractivity contribution >= 4 is 29.1 Å². The minimum absolute atomic E-state index is 0.00586. The third-order valence-corrected chi connectivity index (χ3v) is 5.17. The molecule has 2 aromatic carbocycles. The van der Waals surface area contributed by atoms with Gasteiger partial charge in [-0.05, 0) is 49.6 Å². The van der Waals surface area contributed by atoms with Crippen molar-refractivity contribution in [2.45, 2.75) is 32.6 Å². The lowest BCUT2D eigenvalue weighted by atomic mass is 10.1. The van der Waals surface area contributed by atoms with Crippen molar-refractivity contribution in [1.82, 2.24) is 0 Å². The van der Waals surface area contributed by atoms with E-state index in [1.807, 2.05) is 13.0 Å². The summed E-state index contributed by atoms with van der Waals surface area (Å²) in [5.74, 6) is -0.740. The molecule has 1 N–H and O–H groups in total. The number of fused-ring (bicyclic) bond motifs is 1. The molecule has 2 aliphatic rings. The van der Waals surface area contributed by atoms with Gasteiger partial charge in [0.2, 0.25) is 5.91 Å². The second-order valence-electron chi connectivity index (χ2n) is 6.98. The molecule has 1 saturated carbocycles. The van der Waals surface area contributed by atoms with Gasteiger partial charge in [-0.3, -0.25) is 14.4 Å². The molecule has 0 aromatic heterocycles. The van der Waals surface area contributed by atoms with Crippen LogP contribution in [0.4, 0.5) is 11.4 Å². The molecule has 1 aliphatic carbocycles. The first-order chi connectivity index (χ1) is 12.6. The number of rotatable bonds is 3. The number of hydrogen-bond donors (Lipinski definition) is 1. The van der Waals surface area contributed by atoms with Crippen LogP contribution in [0.2, 0.25) is 0 Å². The average Bonchev–Trinajstić information content (AvgIpc) is 3.25. The summed E-state index contributed by atoms with van der Waals surface area (Å²) < 4.78 is 0. The molecule has 0 unspecified atom stereocenters.